The quantitative estimate of drug-likeness (QED) is 0.831. The van der Waals surface area contributed by atoms with E-state index in [0.29, 0.717) is 13.0 Å². The van der Waals surface area contributed by atoms with Gasteiger partial charge in [0.15, 0.2) is 0 Å². The average molecular weight is 251 g/mol. The van der Waals surface area contributed by atoms with Gasteiger partial charge >= 0.3 is 6.09 Å². The van der Waals surface area contributed by atoms with Crippen molar-refractivity contribution in [1.29, 1.82) is 0 Å². The first-order valence-electron chi connectivity index (χ1n) is 5.92. The lowest BCUT2D eigenvalue weighted by Crippen LogP contribution is -2.38. The molecule has 1 fully saturated rings. The van der Waals surface area contributed by atoms with Crippen LogP contribution < -0.4 is 0 Å². The van der Waals surface area contributed by atoms with Crippen LogP contribution in [0.1, 0.15) is 12.0 Å². The van der Waals surface area contributed by atoms with E-state index in [4.69, 9.17) is 9.84 Å². The van der Waals surface area contributed by atoms with Gasteiger partial charge in [0.1, 0.15) is 12.2 Å². The van der Waals surface area contributed by atoms with Crippen LogP contribution in [0.2, 0.25) is 0 Å². The van der Waals surface area contributed by atoms with Crippen molar-refractivity contribution in [3.8, 4) is 0 Å². The van der Waals surface area contributed by atoms with E-state index >= 15 is 0 Å². The summed E-state index contributed by atoms with van der Waals surface area (Å²) in [5.74, 6) is 0. The number of carbonyl (C=O) groups excluding carboxylic acids is 1. The predicted octanol–water partition coefficient (Wildman–Crippen LogP) is 0.752. The third-order valence-corrected chi connectivity index (χ3v) is 3.09. The fourth-order valence-electron chi connectivity index (χ4n) is 1.95. The maximum absolute atomic E-state index is 11.7. The summed E-state index contributed by atoms with van der Waals surface area (Å²) in [4.78, 5) is 13.1. The van der Waals surface area contributed by atoms with E-state index in [1.165, 1.54) is 4.90 Å². The highest BCUT2D eigenvalue weighted by Crippen LogP contribution is 2.21. The van der Waals surface area contributed by atoms with Gasteiger partial charge < -0.3 is 19.8 Å². The molecular weight excluding hydrogens is 234 g/mol. The van der Waals surface area contributed by atoms with Crippen LogP contribution in [0.3, 0.4) is 0 Å². The number of aliphatic hydroxyl groups excluding tert-OH is 1. The molecule has 5 heteroatoms. The monoisotopic (exact) mass is 251 g/mol. The topological polar surface area (TPSA) is 70.0 Å². The van der Waals surface area contributed by atoms with Crippen molar-refractivity contribution in [2.45, 2.75) is 18.6 Å². The Balaban J connectivity index is 1.83. The highest BCUT2D eigenvalue weighted by molar-refractivity contribution is 5.68. The number of aliphatic hydroxyl groups is 2. The zero-order valence-electron chi connectivity index (χ0n) is 10.1. The molecule has 0 bridgehead atoms. The van der Waals surface area contributed by atoms with Gasteiger partial charge in [-0.25, -0.2) is 4.79 Å². The van der Waals surface area contributed by atoms with Gasteiger partial charge in [-0.05, 0) is 12.0 Å². The molecule has 98 valence electrons. The van der Waals surface area contributed by atoms with Crippen LogP contribution in [0.25, 0.3) is 0 Å². The molecule has 1 atom stereocenters. The minimum atomic E-state index is -1.17. The van der Waals surface area contributed by atoms with Gasteiger partial charge in [0.25, 0.3) is 0 Å². The highest BCUT2D eigenvalue weighted by atomic mass is 16.6. The second-order valence-corrected chi connectivity index (χ2v) is 4.59. The minimum absolute atomic E-state index is 0.122. The van der Waals surface area contributed by atoms with Crippen LogP contribution in [-0.2, 0) is 11.3 Å². The predicted molar refractivity (Wildman–Crippen MR) is 64.9 cm³/mol. The number of carbonyl (C=O) groups is 1. The zero-order valence-corrected chi connectivity index (χ0v) is 10.1. The van der Waals surface area contributed by atoms with Gasteiger partial charge in [0, 0.05) is 6.54 Å². The first kappa shape index (κ1) is 12.9. The summed E-state index contributed by atoms with van der Waals surface area (Å²) in [6.07, 6.45) is -0.0764. The van der Waals surface area contributed by atoms with Crippen molar-refractivity contribution in [2.24, 2.45) is 0 Å². The summed E-state index contributed by atoms with van der Waals surface area (Å²) < 4.78 is 5.14. The Morgan fingerprint density at radius 2 is 2.11 bits per heavy atom. The van der Waals surface area contributed by atoms with Crippen LogP contribution in [0, 0.1) is 0 Å². The SMILES string of the molecule is O=C(OCc1ccccc1)N1CC[C@](O)(CO)C1. The number of likely N-dealkylation sites (tertiary alicyclic amines) is 1. The minimum Gasteiger partial charge on any atom is -0.445 e. The van der Waals surface area contributed by atoms with E-state index < -0.39 is 11.7 Å². The van der Waals surface area contributed by atoms with Crippen LogP contribution >= 0.6 is 0 Å². The first-order chi connectivity index (χ1) is 8.63. The van der Waals surface area contributed by atoms with Crippen molar-refractivity contribution < 1.29 is 19.7 Å². The van der Waals surface area contributed by atoms with Crippen molar-refractivity contribution in [2.75, 3.05) is 19.7 Å². The summed E-state index contributed by atoms with van der Waals surface area (Å²) in [5.41, 5.74) is -0.256. The van der Waals surface area contributed by atoms with E-state index in [9.17, 15) is 9.90 Å². The molecule has 0 radical (unpaired) electrons. The number of nitrogens with zero attached hydrogens (tertiary/aromatic N) is 1. The summed E-state index contributed by atoms with van der Waals surface area (Å²) >= 11 is 0. The molecule has 0 aliphatic carbocycles. The fraction of sp³-hybridized carbons (Fsp3) is 0.462. The molecule has 1 aliphatic heterocycles. The summed E-state index contributed by atoms with van der Waals surface area (Å²) in [5, 5.41) is 18.8. The van der Waals surface area contributed by atoms with Crippen LogP contribution in [0.5, 0.6) is 0 Å². The molecule has 1 aromatic rings. The van der Waals surface area contributed by atoms with Gasteiger partial charge in [-0.15, -0.1) is 0 Å². The molecule has 2 N–H and O–H groups in total. The lowest BCUT2D eigenvalue weighted by atomic mass is 10.1. The van der Waals surface area contributed by atoms with Crippen LogP contribution in [0.15, 0.2) is 30.3 Å². The molecule has 1 heterocycles. The molecule has 18 heavy (non-hydrogen) atoms. The number of rotatable bonds is 3. The van der Waals surface area contributed by atoms with E-state index in [1.807, 2.05) is 30.3 Å². The van der Waals surface area contributed by atoms with Crippen molar-refractivity contribution in [3.05, 3.63) is 35.9 Å². The Kier molecular flexibility index (Phi) is 3.84. The van der Waals surface area contributed by atoms with E-state index in [-0.39, 0.29) is 19.8 Å². The van der Waals surface area contributed by atoms with Crippen LogP contribution in [0.4, 0.5) is 4.79 Å². The average Bonchev–Trinajstić information content (AvgIpc) is 2.81. The number of ether oxygens (including phenoxy) is 1. The number of hydrogen-bond acceptors (Lipinski definition) is 4. The number of hydrogen-bond donors (Lipinski definition) is 2. The maximum atomic E-state index is 11.7. The highest BCUT2D eigenvalue weighted by Gasteiger charge is 2.38. The molecule has 1 saturated heterocycles. The molecule has 0 aromatic heterocycles. The van der Waals surface area contributed by atoms with Crippen molar-refractivity contribution in [1.82, 2.24) is 4.90 Å². The summed E-state index contributed by atoms with van der Waals surface area (Å²) in [6, 6.07) is 9.41. The molecule has 1 amide bonds. The van der Waals surface area contributed by atoms with Gasteiger partial charge in [-0.2, -0.15) is 0 Å². The number of benzene rings is 1. The zero-order chi connectivity index (χ0) is 13.0. The van der Waals surface area contributed by atoms with E-state index in [1.54, 1.807) is 0 Å². The Labute approximate surface area is 106 Å². The van der Waals surface area contributed by atoms with Crippen molar-refractivity contribution >= 4 is 6.09 Å². The second-order valence-electron chi connectivity index (χ2n) is 4.59. The number of β-amino-alcohol motifs (C(OH)–C–C–N with tert-alkyl or cyclic N) is 1. The molecule has 0 spiro atoms. The molecule has 0 unspecified atom stereocenters. The maximum Gasteiger partial charge on any atom is 0.410 e. The third kappa shape index (κ3) is 3.00. The lowest BCUT2D eigenvalue weighted by molar-refractivity contribution is -0.00594. The van der Waals surface area contributed by atoms with E-state index in [0.717, 1.165) is 5.56 Å². The Hall–Kier alpha value is -1.59. The summed E-state index contributed by atoms with van der Waals surface area (Å²) in [6.45, 7) is 0.408. The Morgan fingerprint density at radius 1 is 1.39 bits per heavy atom. The molecule has 1 aliphatic rings. The standard InChI is InChI=1S/C13H17NO4/c15-10-13(17)6-7-14(9-13)12(16)18-8-11-4-2-1-3-5-11/h1-5,15,17H,6-10H2/t13-/m1/s1. The molecule has 1 aromatic carbocycles. The molecular formula is C13H17NO4. The third-order valence-electron chi connectivity index (χ3n) is 3.09. The summed E-state index contributed by atoms with van der Waals surface area (Å²) in [7, 11) is 0. The largest absolute Gasteiger partial charge is 0.445 e. The van der Waals surface area contributed by atoms with Gasteiger partial charge in [-0.1, -0.05) is 30.3 Å². The van der Waals surface area contributed by atoms with Gasteiger partial charge in [0.05, 0.1) is 13.2 Å². The second kappa shape index (κ2) is 5.37. The molecule has 0 saturated carbocycles. The first-order valence-corrected chi connectivity index (χ1v) is 5.92. The Morgan fingerprint density at radius 3 is 2.72 bits per heavy atom. The van der Waals surface area contributed by atoms with Gasteiger partial charge in [0.2, 0.25) is 0 Å². The smallest absolute Gasteiger partial charge is 0.410 e. The van der Waals surface area contributed by atoms with E-state index in [2.05, 4.69) is 0 Å². The lowest BCUT2D eigenvalue weighted by Gasteiger charge is -2.20. The van der Waals surface area contributed by atoms with Gasteiger partial charge in [-0.3, -0.25) is 0 Å². The molecule has 5 nitrogen and oxygen atoms in total. The van der Waals surface area contributed by atoms with Crippen molar-refractivity contribution in [3.63, 3.8) is 0 Å². The fourth-order valence-corrected chi connectivity index (χ4v) is 1.95. The number of amides is 1. The molecule has 2 rings (SSSR count). The Bertz CT molecular complexity index is 409. The van der Waals surface area contributed by atoms with Crippen LogP contribution in [-0.4, -0.2) is 46.5 Å². The normalized spacial score (nSPS) is 23.1.